The van der Waals surface area contributed by atoms with Crippen LogP contribution in [0, 0.1) is 5.82 Å². The van der Waals surface area contributed by atoms with Crippen molar-refractivity contribution in [3.05, 3.63) is 58.9 Å². The van der Waals surface area contributed by atoms with E-state index in [0.29, 0.717) is 5.75 Å². The minimum Gasteiger partial charge on any atom is -0.490 e. The van der Waals surface area contributed by atoms with Crippen LogP contribution in [0.2, 0.25) is 5.02 Å². The van der Waals surface area contributed by atoms with E-state index in [0.717, 1.165) is 6.07 Å². The van der Waals surface area contributed by atoms with Crippen molar-refractivity contribution < 1.29 is 27.1 Å². The van der Waals surface area contributed by atoms with Gasteiger partial charge < -0.3 is 9.47 Å². The number of ether oxygens (including phenoxy) is 2. The highest BCUT2D eigenvalue weighted by Gasteiger charge is 2.13. The van der Waals surface area contributed by atoms with Gasteiger partial charge in [-0.15, -0.1) is 0 Å². The Bertz CT molecular complexity index is 839. The Morgan fingerprint density at radius 1 is 1.12 bits per heavy atom. The van der Waals surface area contributed by atoms with Crippen LogP contribution in [0.4, 0.5) is 4.39 Å². The number of esters is 1. The first-order valence-electron chi connectivity index (χ1n) is 6.65. The molecule has 0 aliphatic rings. The molecule has 2 N–H and O–H groups in total. The number of rotatable bonds is 6. The average molecular weight is 374 g/mol. The highest BCUT2D eigenvalue weighted by molar-refractivity contribution is 7.89. The van der Waals surface area contributed by atoms with E-state index in [4.69, 9.17) is 26.2 Å². The number of primary sulfonamides is 1. The van der Waals surface area contributed by atoms with Gasteiger partial charge in [-0.05, 0) is 42.5 Å². The first-order chi connectivity index (χ1) is 11.3. The number of carbonyl (C=O) groups is 1. The van der Waals surface area contributed by atoms with Crippen molar-refractivity contribution in [2.24, 2.45) is 5.14 Å². The number of halogens is 2. The van der Waals surface area contributed by atoms with Gasteiger partial charge in [-0.25, -0.2) is 22.7 Å². The lowest BCUT2D eigenvalue weighted by Gasteiger charge is -2.08. The quantitative estimate of drug-likeness (QED) is 0.619. The van der Waals surface area contributed by atoms with E-state index >= 15 is 0 Å². The lowest BCUT2D eigenvalue weighted by Crippen LogP contribution is -2.14. The van der Waals surface area contributed by atoms with Crippen LogP contribution < -0.4 is 9.88 Å². The normalized spacial score (nSPS) is 11.1. The lowest BCUT2D eigenvalue weighted by atomic mass is 10.2. The number of sulfonamides is 1. The second-order valence-electron chi connectivity index (χ2n) is 4.62. The van der Waals surface area contributed by atoms with E-state index in [2.05, 4.69) is 0 Å². The van der Waals surface area contributed by atoms with Crippen LogP contribution in [0.3, 0.4) is 0 Å². The van der Waals surface area contributed by atoms with Crippen molar-refractivity contribution in [2.75, 3.05) is 13.2 Å². The Balaban J connectivity index is 1.84. The Labute approximate surface area is 143 Å². The van der Waals surface area contributed by atoms with Gasteiger partial charge in [0.15, 0.2) is 0 Å². The summed E-state index contributed by atoms with van der Waals surface area (Å²) in [6.45, 7) is -0.121. The zero-order valence-electron chi connectivity index (χ0n) is 12.2. The fraction of sp³-hybridized carbons (Fsp3) is 0.133. The fourth-order valence-electron chi connectivity index (χ4n) is 1.75. The van der Waals surface area contributed by atoms with Crippen LogP contribution in [-0.4, -0.2) is 27.6 Å². The van der Waals surface area contributed by atoms with Crippen LogP contribution in [-0.2, 0) is 14.8 Å². The number of benzene rings is 2. The van der Waals surface area contributed by atoms with E-state index in [1.54, 1.807) is 0 Å². The van der Waals surface area contributed by atoms with Crippen molar-refractivity contribution in [1.82, 2.24) is 0 Å². The number of hydrogen-bond donors (Lipinski definition) is 1. The smallest absolute Gasteiger partial charge is 0.341 e. The summed E-state index contributed by atoms with van der Waals surface area (Å²) in [7, 11) is -3.77. The number of nitrogens with two attached hydrogens (primary N) is 1. The molecule has 2 aromatic carbocycles. The summed E-state index contributed by atoms with van der Waals surface area (Å²) in [5, 5.41) is 5.19. The Hall–Kier alpha value is -2.16. The second-order valence-corrected chi connectivity index (χ2v) is 6.62. The molecule has 0 aliphatic heterocycles. The molecular weight excluding hydrogens is 361 g/mol. The molecule has 9 heteroatoms. The third kappa shape index (κ3) is 4.92. The zero-order valence-corrected chi connectivity index (χ0v) is 13.8. The Morgan fingerprint density at radius 2 is 1.79 bits per heavy atom. The van der Waals surface area contributed by atoms with E-state index in [1.807, 2.05) is 0 Å². The van der Waals surface area contributed by atoms with Gasteiger partial charge >= 0.3 is 5.97 Å². The maximum Gasteiger partial charge on any atom is 0.341 e. The van der Waals surface area contributed by atoms with Gasteiger partial charge in [0.05, 0.1) is 10.5 Å². The van der Waals surface area contributed by atoms with Gasteiger partial charge in [-0.1, -0.05) is 11.6 Å². The largest absolute Gasteiger partial charge is 0.490 e. The van der Waals surface area contributed by atoms with E-state index in [-0.39, 0.29) is 28.7 Å². The molecule has 2 aromatic rings. The molecule has 0 fully saturated rings. The van der Waals surface area contributed by atoms with Gasteiger partial charge in [-0.2, -0.15) is 0 Å². The molecule has 6 nitrogen and oxygen atoms in total. The summed E-state index contributed by atoms with van der Waals surface area (Å²) in [4.78, 5) is 11.7. The predicted molar refractivity (Wildman–Crippen MR) is 85.0 cm³/mol. The molecule has 2 rings (SSSR count). The van der Waals surface area contributed by atoms with Crippen LogP contribution in [0.15, 0.2) is 47.4 Å². The minimum absolute atomic E-state index is 0.00263. The molecule has 0 spiro atoms. The molecule has 0 aliphatic carbocycles. The van der Waals surface area contributed by atoms with Crippen LogP contribution >= 0.6 is 11.6 Å². The van der Waals surface area contributed by atoms with Crippen molar-refractivity contribution in [1.29, 1.82) is 0 Å². The molecule has 0 atom stereocenters. The Morgan fingerprint density at radius 3 is 2.42 bits per heavy atom. The molecule has 0 heterocycles. The van der Waals surface area contributed by atoms with E-state index in [9.17, 15) is 17.6 Å². The fourth-order valence-corrected chi connectivity index (χ4v) is 2.44. The first kappa shape index (κ1) is 18.2. The molecule has 0 aromatic heterocycles. The molecule has 0 bridgehead atoms. The molecule has 0 amide bonds. The minimum atomic E-state index is -3.77. The lowest BCUT2D eigenvalue weighted by molar-refractivity contribution is 0.0445. The monoisotopic (exact) mass is 373 g/mol. The topological polar surface area (TPSA) is 95.7 Å². The van der Waals surface area contributed by atoms with Crippen LogP contribution in [0.1, 0.15) is 10.4 Å². The van der Waals surface area contributed by atoms with Crippen molar-refractivity contribution >= 4 is 27.6 Å². The van der Waals surface area contributed by atoms with Crippen LogP contribution in [0.5, 0.6) is 5.75 Å². The van der Waals surface area contributed by atoms with Crippen LogP contribution in [0.25, 0.3) is 0 Å². The van der Waals surface area contributed by atoms with E-state index in [1.165, 1.54) is 36.4 Å². The molecule has 24 heavy (non-hydrogen) atoms. The summed E-state index contributed by atoms with van der Waals surface area (Å²) in [6, 6.07) is 8.98. The number of carbonyl (C=O) groups excluding carboxylic acids is 1. The summed E-state index contributed by atoms with van der Waals surface area (Å²) in [6.07, 6.45) is 0. The molecular formula is C15H13ClFNO5S. The maximum absolute atomic E-state index is 13.5. The number of hydrogen-bond acceptors (Lipinski definition) is 5. The zero-order chi connectivity index (χ0) is 17.7. The standard InChI is InChI=1S/C15H13ClFNO5S/c16-10-1-6-14(17)13(9-10)15(19)23-8-7-22-11-2-4-12(5-3-11)24(18,20)21/h1-6,9H,7-8H2,(H2,18,20,21). The second kappa shape index (κ2) is 7.61. The summed E-state index contributed by atoms with van der Waals surface area (Å²) in [5.41, 5.74) is -0.264. The molecule has 128 valence electrons. The van der Waals surface area contributed by atoms with Crippen molar-refractivity contribution in [3.8, 4) is 5.75 Å². The SMILES string of the molecule is NS(=O)(=O)c1ccc(OCCOC(=O)c2cc(Cl)ccc2F)cc1. The third-order valence-electron chi connectivity index (χ3n) is 2.89. The van der Waals surface area contributed by atoms with Gasteiger partial charge in [0, 0.05) is 5.02 Å². The van der Waals surface area contributed by atoms with E-state index < -0.39 is 21.8 Å². The predicted octanol–water partition coefficient (Wildman–Crippen LogP) is 2.36. The molecule has 0 unspecified atom stereocenters. The highest BCUT2D eigenvalue weighted by Crippen LogP contribution is 2.16. The summed E-state index contributed by atoms with van der Waals surface area (Å²) in [5.74, 6) is -1.22. The van der Waals surface area contributed by atoms with Gasteiger partial charge in [0.2, 0.25) is 10.0 Å². The highest BCUT2D eigenvalue weighted by atomic mass is 35.5. The van der Waals surface area contributed by atoms with Crippen molar-refractivity contribution in [2.45, 2.75) is 4.90 Å². The molecule has 0 radical (unpaired) electrons. The average Bonchev–Trinajstić information content (AvgIpc) is 2.53. The molecule has 0 saturated heterocycles. The molecule has 0 saturated carbocycles. The summed E-state index contributed by atoms with van der Waals surface area (Å²) >= 11 is 5.70. The van der Waals surface area contributed by atoms with Gasteiger partial charge in [0.1, 0.15) is 24.8 Å². The van der Waals surface area contributed by atoms with Gasteiger partial charge in [-0.3, -0.25) is 0 Å². The van der Waals surface area contributed by atoms with Crippen molar-refractivity contribution in [3.63, 3.8) is 0 Å². The summed E-state index contributed by atoms with van der Waals surface area (Å²) < 4.78 is 45.9. The first-order valence-corrected chi connectivity index (χ1v) is 8.57. The third-order valence-corrected chi connectivity index (χ3v) is 4.05. The maximum atomic E-state index is 13.5. The Kier molecular flexibility index (Phi) is 5.76. The van der Waals surface area contributed by atoms with Gasteiger partial charge in [0.25, 0.3) is 0 Å².